The molecule has 0 saturated carbocycles. The van der Waals surface area contributed by atoms with E-state index in [0.717, 1.165) is 16.0 Å². The van der Waals surface area contributed by atoms with Gasteiger partial charge in [0.05, 0.1) is 11.8 Å². The highest BCUT2D eigenvalue weighted by molar-refractivity contribution is 6.31. The minimum Gasteiger partial charge on any atom is -0.454 e. The Bertz CT molecular complexity index is 1120. The van der Waals surface area contributed by atoms with Crippen LogP contribution >= 0.6 is 11.6 Å². The van der Waals surface area contributed by atoms with Crippen LogP contribution in [0.4, 0.5) is 5.69 Å². The summed E-state index contributed by atoms with van der Waals surface area (Å²) in [5, 5.41) is 3.13. The van der Waals surface area contributed by atoms with Gasteiger partial charge in [0, 0.05) is 17.1 Å². The van der Waals surface area contributed by atoms with Crippen LogP contribution < -0.4 is 5.32 Å². The molecule has 7 nitrogen and oxygen atoms in total. The Labute approximate surface area is 202 Å². The molecule has 2 aliphatic rings. The van der Waals surface area contributed by atoms with Gasteiger partial charge in [-0.3, -0.25) is 19.3 Å². The van der Waals surface area contributed by atoms with Crippen molar-refractivity contribution < 1.29 is 23.9 Å². The molecule has 2 aromatic rings. The van der Waals surface area contributed by atoms with Crippen molar-refractivity contribution in [1.29, 1.82) is 0 Å². The number of carbonyl (C=O) groups is 4. The maximum absolute atomic E-state index is 13.1. The van der Waals surface area contributed by atoms with Crippen molar-refractivity contribution in [2.45, 2.75) is 32.2 Å². The molecule has 1 heterocycles. The molecule has 0 unspecified atom stereocenters. The number of hydrogen-bond donors (Lipinski definition) is 1. The van der Waals surface area contributed by atoms with E-state index in [0.29, 0.717) is 23.6 Å². The second kappa shape index (κ2) is 10.2. The number of allylic oxidation sites excluding steroid dienone is 2. The lowest BCUT2D eigenvalue weighted by Crippen LogP contribution is -2.48. The van der Waals surface area contributed by atoms with Crippen LogP contribution in [0.5, 0.6) is 0 Å². The predicted octanol–water partition coefficient (Wildman–Crippen LogP) is 3.69. The number of imide groups is 1. The zero-order valence-electron chi connectivity index (χ0n) is 18.7. The van der Waals surface area contributed by atoms with Crippen LogP contribution in [0.1, 0.15) is 24.0 Å². The average molecular weight is 481 g/mol. The molecule has 34 heavy (non-hydrogen) atoms. The third-order valence-electron chi connectivity index (χ3n) is 6.22. The fourth-order valence-electron chi connectivity index (χ4n) is 4.40. The van der Waals surface area contributed by atoms with Gasteiger partial charge in [-0.15, -0.1) is 0 Å². The summed E-state index contributed by atoms with van der Waals surface area (Å²) in [4.78, 5) is 52.8. The molecule has 8 heteroatoms. The summed E-state index contributed by atoms with van der Waals surface area (Å²) in [5.41, 5.74) is 2.09. The summed E-state index contributed by atoms with van der Waals surface area (Å²) in [6, 6.07) is 13.0. The van der Waals surface area contributed by atoms with Crippen molar-refractivity contribution >= 4 is 41.0 Å². The van der Waals surface area contributed by atoms with Crippen molar-refractivity contribution in [2.75, 3.05) is 11.9 Å². The summed E-state index contributed by atoms with van der Waals surface area (Å²) >= 11 is 5.99. The number of carbonyl (C=O) groups excluding carboxylic acids is 4. The van der Waals surface area contributed by atoms with E-state index < -0.39 is 36.4 Å². The number of halogens is 1. The monoisotopic (exact) mass is 480 g/mol. The summed E-state index contributed by atoms with van der Waals surface area (Å²) in [6.45, 7) is 1.26. The van der Waals surface area contributed by atoms with Gasteiger partial charge in [-0.2, -0.15) is 0 Å². The molecule has 1 N–H and O–H groups in total. The molecular formula is C26H25ClN2O5. The number of ether oxygens (including phenoxy) is 1. The fraction of sp³-hybridized carbons (Fsp3) is 0.308. The molecule has 1 fully saturated rings. The van der Waals surface area contributed by atoms with E-state index >= 15 is 0 Å². The van der Waals surface area contributed by atoms with E-state index in [1.165, 1.54) is 0 Å². The van der Waals surface area contributed by atoms with E-state index in [-0.39, 0.29) is 18.2 Å². The highest BCUT2D eigenvalue weighted by Crippen LogP contribution is 2.36. The molecule has 0 bridgehead atoms. The van der Waals surface area contributed by atoms with Gasteiger partial charge in [-0.05, 0) is 43.0 Å². The highest BCUT2D eigenvalue weighted by Gasteiger charge is 2.51. The molecule has 1 aliphatic carbocycles. The molecule has 1 aliphatic heterocycles. The van der Waals surface area contributed by atoms with Crippen LogP contribution in [0.25, 0.3) is 0 Å². The van der Waals surface area contributed by atoms with Crippen molar-refractivity contribution in [2.24, 2.45) is 11.8 Å². The number of rotatable bonds is 7. The minimum absolute atomic E-state index is 0.110. The zero-order valence-corrected chi connectivity index (χ0v) is 19.5. The Morgan fingerprint density at radius 3 is 2.35 bits per heavy atom. The number of nitrogens with one attached hydrogen (secondary N) is 1. The van der Waals surface area contributed by atoms with E-state index in [9.17, 15) is 19.2 Å². The lowest BCUT2D eigenvalue weighted by atomic mass is 9.85. The quantitative estimate of drug-likeness (QED) is 0.370. The number of aryl methyl sites for hydroxylation is 1. The van der Waals surface area contributed by atoms with E-state index in [2.05, 4.69) is 5.32 Å². The van der Waals surface area contributed by atoms with E-state index in [4.69, 9.17) is 16.3 Å². The van der Waals surface area contributed by atoms with Gasteiger partial charge < -0.3 is 10.1 Å². The summed E-state index contributed by atoms with van der Waals surface area (Å²) in [5.74, 6) is -2.99. The number of nitrogens with zero attached hydrogens (tertiary/aromatic N) is 1. The number of benzene rings is 2. The van der Waals surface area contributed by atoms with Crippen molar-refractivity contribution in [3.63, 3.8) is 0 Å². The van der Waals surface area contributed by atoms with Gasteiger partial charge in [0.2, 0.25) is 11.8 Å². The molecule has 0 radical (unpaired) electrons. The number of hydrogen-bond acceptors (Lipinski definition) is 5. The first-order chi connectivity index (χ1) is 16.3. The molecule has 4 rings (SSSR count). The molecule has 1 saturated heterocycles. The van der Waals surface area contributed by atoms with Crippen LogP contribution in [-0.4, -0.2) is 41.2 Å². The maximum Gasteiger partial charge on any atom is 0.330 e. The zero-order chi connectivity index (χ0) is 24.2. The SMILES string of the molecule is Cc1ccc(Cl)cc1NC(=O)COC(=O)[C@H](Cc1ccccc1)N1C(=O)[C@H]2CC=CC[C@@H]2C1=O. The lowest BCUT2D eigenvalue weighted by molar-refractivity contribution is -0.159. The average Bonchev–Trinajstić information content (AvgIpc) is 3.09. The molecule has 0 spiro atoms. The molecule has 0 aromatic heterocycles. The first kappa shape index (κ1) is 23.7. The van der Waals surface area contributed by atoms with Crippen LogP contribution in [0, 0.1) is 18.8 Å². The molecule has 3 amide bonds. The molecule has 176 valence electrons. The van der Waals surface area contributed by atoms with Gasteiger partial charge in [0.1, 0.15) is 6.04 Å². The van der Waals surface area contributed by atoms with E-state index in [1.54, 1.807) is 18.2 Å². The topological polar surface area (TPSA) is 92.8 Å². The van der Waals surface area contributed by atoms with Gasteiger partial charge in [0.25, 0.3) is 5.91 Å². The van der Waals surface area contributed by atoms with Crippen molar-refractivity contribution in [3.05, 3.63) is 76.8 Å². The largest absolute Gasteiger partial charge is 0.454 e. The standard InChI is InChI=1S/C26H25ClN2O5/c1-16-11-12-18(27)14-21(16)28-23(30)15-34-26(33)22(13-17-7-3-2-4-8-17)29-24(31)19-9-5-6-10-20(19)25(29)32/h2-8,11-12,14,19-20,22H,9-10,13,15H2,1H3,(H,28,30)/t19-,20-,22-/m0/s1. The first-order valence-corrected chi connectivity index (χ1v) is 11.5. The number of anilines is 1. The number of likely N-dealkylation sites (tertiary alicyclic amines) is 1. The number of amides is 3. The maximum atomic E-state index is 13.1. The molecular weight excluding hydrogens is 456 g/mol. The van der Waals surface area contributed by atoms with Gasteiger partial charge in [-0.25, -0.2) is 4.79 Å². The fourth-order valence-corrected chi connectivity index (χ4v) is 4.57. The normalized spacial score (nSPS) is 20.1. The summed E-state index contributed by atoms with van der Waals surface area (Å²) in [6.07, 6.45) is 4.84. The van der Waals surface area contributed by atoms with E-state index in [1.807, 2.05) is 49.4 Å². The van der Waals surface area contributed by atoms with Crippen LogP contribution in [-0.2, 0) is 30.3 Å². The minimum atomic E-state index is -1.14. The Kier molecular flexibility index (Phi) is 7.12. The Balaban J connectivity index is 1.49. The second-order valence-electron chi connectivity index (χ2n) is 8.52. The summed E-state index contributed by atoms with van der Waals surface area (Å²) in [7, 11) is 0. The lowest BCUT2D eigenvalue weighted by Gasteiger charge is -2.25. The van der Waals surface area contributed by atoms with Gasteiger partial charge in [-0.1, -0.05) is 60.2 Å². The summed E-state index contributed by atoms with van der Waals surface area (Å²) < 4.78 is 5.30. The first-order valence-electron chi connectivity index (χ1n) is 11.1. The predicted molar refractivity (Wildman–Crippen MR) is 127 cm³/mol. The third-order valence-corrected chi connectivity index (χ3v) is 6.45. The van der Waals surface area contributed by atoms with Crippen LogP contribution in [0.3, 0.4) is 0 Å². The Hall–Kier alpha value is -3.45. The van der Waals surface area contributed by atoms with Crippen LogP contribution in [0.15, 0.2) is 60.7 Å². The third kappa shape index (κ3) is 5.04. The Morgan fingerprint density at radius 1 is 1.06 bits per heavy atom. The van der Waals surface area contributed by atoms with Gasteiger partial charge >= 0.3 is 5.97 Å². The van der Waals surface area contributed by atoms with Crippen molar-refractivity contribution in [1.82, 2.24) is 4.90 Å². The van der Waals surface area contributed by atoms with Crippen LogP contribution in [0.2, 0.25) is 5.02 Å². The highest BCUT2D eigenvalue weighted by atomic mass is 35.5. The van der Waals surface area contributed by atoms with Crippen molar-refractivity contribution in [3.8, 4) is 0 Å². The number of fused-ring (bicyclic) bond motifs is 1. The van der Waals surface area contributed by atoms with Gasteiger partial charge in [0.15, 0.2) is 6.61 Å². The number of esters is 1. The molecule has 3 atom stereocenters. The Morgan fingerprint density at radius 2 is 1.71 bits per heavy atom. The molecule has 2 aromatic carbocycles. The smallest absolute Gasteiger partial charge is 0.330 e. The second-order valence-corrected chi connectivity index (χ2v) is 8.96.